The van der Waals surface area contributed by atoms with Crippen LogP contribution in [-0.2, 0) is 13.1 Å². The lowest BCUT2D eigenvalue weighted by Gasteiger charge is -2.04. The Morgan fingerprint density at radius 2 is 1.82 bits per heavy atom. The van der Waals surface area contributed by atoms with Gasteiger partial charge in [0.1, 0.15) is 0 Å². The van der Waals surface area contributed by atoms with E-state index in [1.807, 2.05) is 25.3 Å². The van der Waals surface area contributed by atoms with Crippen molar-refractivity contribution in [2.75, 3.05) is 0 Å². The van der Waals surface area contributed by atoms with Crippen LogP contribution in [0.1, 0.15) is 17.0 Å². The molecule has 1 heterocycles. The summed E-state index contributed by atoms with van der Waals surface area (Å²) in [6, 6.07) is 8.28. The van der Waals surface area contributed by atoms with Gasteiger partial charge in [-0.3, -0.25) is 9.97 Å². The summed E-state index contributed by atoms with van der Waals surface area (Å²) in [5.41, 5.74) is 3.17. The molecule has 0 fully saturated rings. The van der Waals surface area contributed by atoms with Gasteiger partial charge in [-0.25, -0.2) is 0 Å². The summed E-state index contributed by atoms with van der Waals surface area (Å²) in [4.78, 5) is 8.50. The average molecular weight is 292 g/mol. The highest BCUT2D eigenvalue weighted by molar-refractivity contribution is 9.10. The standard InChI is InChI=1S/C13H14BrN3/c1-10-6-17-13(9-16-10)8-15-7-11-2-4-12(14)5-3-11/h2-6,9,15H,7-8H2,1H3. The summed E-state index contributed by atoms with van der Waals surface area (Å²) in [5.74, 6) is 0. The molecule has 2 rings (SSSR count). The normalized spacial score (nSPS) is 10.5. The molecular formula is C13H14BrN3. The van der Waals surface area contributed by atoms with Crippen LogP contribution in [0.2, 0.25) is 0 Å². The highest BCUT2D eigenvalue weighted by Crippen LogP contribution is 2.10. The Morgan fingerprint density at radius 3 is 2.47 bits per heavy atom. The maximum atomic E-state index is 4.29. The molecule has 88 valence electrons. The van der Waals surface area contributed by atoms with Crippen molar-refractivity contribution in [3.05, 3.63) is 58.1 Å². The van der Waals surface area contributed by atoms with Gasteiger partial charge < -0.3 is 5.32 Å². The first-order valence-corrected chi connectivity index (χ1v) is 6.26. The van der Waals surface area contributed by atoms with Crippen LogP contribution in [0.3, 0.4) is 0 Å². The lowest BCUT2D eigenvalue weighted by atomic mass is 10.2. The molecule has 0 aliphatic carbocycles. The van der Waals surface area contributed by atoms with E-state index in [2.05, 4.69) is 43.3 Å². The van der Waals surface area contributed by atoms with Crippen LogP contribution in [0, 0.1) is 6.92 Å². The Hall–Kier alpha value is -1.26. The average Bonchev–Trinajstić information content (AvgIpc) is 2.34. The zero-order chi connectivity index (χ0) is 12.1. The van der Waals surface area contributed by atoms with Crippen LogP contribution in [-0.4, -0.2) is 9.97 Å². The van der Waals surface area contributed by atoms with Crippen LogP contribution in [0.4, 0.5) is 0 Å². The Morgan fingerprint density at radius 1 is 1.06 bits per heavy atom. The summed E-state index contributed by atoms with van der Waals surface area (Å²) in [6.07, 6.45) is 3.60. The van der Waals surface area contributed by atoms with Gasteiger partial charge >= 0.3 is 0 Å². The molecule has 4 heteroatoms. The third kappa shape index (κ3) is 3.91. The Balaban J connectivity index is 1.83. The number of halogens is 1. The molecule has 0 saturated heterocycles. The first kappa shape index (κ1) is 12.2. The smallest absolute Gasteiger partial charge is 0.0724 e. The number of nitrogens with zero attached hydrogens (tertiary/aromatic N) is 2. The molecule has 0 amide bonds. The fourth-order valence-corrected chi connectivity index (χ4v) is 1.71. The summed E-state index contributed by atoms with van der Waals surface area (Å²) in [7, 11) is 0. The van der Waals surface area contributed by atoms with Gasteiger partial charge in [0.15, 0.2) is 0 Å². The van der Waals surface area contributed by atoms with E-state index < -0.39 is 0 Å². The third-order valence-corrected chi connectivity index (χ3v) is 2.91. The minimum absolute atomic E-state index is 0.739. The van der Waals surface area contributed by atoms with Gasteiger partial charge in [0.25, 0.3) is 0 Å². The van der Waals surface area contributed by atoms with Crippen molar-refractivity contribution in [1.82, 2.24) is 15.3 Å². The van der Waals surface area contributed by atoms with Crippen molar-refractivity contribution in [2.24, 2.45) is 0 Å². The minimum atomic E-state index is 0.739. The predicted octanol–water partition coefficient (Wildman–Crippen LogP) is 2.84. The topological polar surface area (TPSA) is 37.8 Å². The number of nitrogens with one attached hydrogen (secondary N) is 1. The molecule has 0 spiro atoms. The fourth-order valence-electron chi connectivity index (χ4n) is 1.45. The molecule has 1 aromatic carbocycles. The van der Waals surface area contributed by atoms with Gasteiger partial charge in [0.2, 0.25) is 0 Å². The summed E-state index contributed by atoms with van der Waals surface area (Å²) >= 11 is 3.42. The first-order chi connectivity index (χ1) is 8.24. The molecule has 2 aromatic rings. The van der Waals surface area contributed by atoms with Crippen LogP contribution < -0.4 is 5.32 Å². The molecular weight excluding hydrogens is 278 g/mol. The summed E-state index contributed by atoms with van der Waals surface area (Å²) in [5, 5.41) is 3.34. The van der Waals surface area contributed by atoms with Crippen LogP contribution in [0.25, 0.3) is 0 Å². The molecule has 0 bridgehead atoms. The van der Waals surface area contributed by atoms with E-state index in [1.165, 1.54) is 5.56 Å². The van der Waals surface area contributed by atoms with E-state index in [1.54, 1.807) is 6.20 Å². The highest BCUT2D eigenvalue weighted by Gasteiger charge is 1.96. The number of rotatable bonds is 4. The molecule has 0 atom stereocenters. The lowest BCUT2D eigenvalue weighted by Crippen LogP contribution is -2.13. The van der Waals surface area contributed by atoms with E-state index in [0.29, 0.717) is 0 Å². The first-order valence-electron chi connectivity index (χ1n) is 5.47. The van der Waals surface area contributed by atoms with Crippen molar-refractivity contribution in [1.29, 1.82) is 0 Å². The summed E-state index contributed by atoms with van der Waals surface area (Å²) < 4.78 is 1.10. The molecule has 1 aromatic heterocycles. The molecule has 3 nitrogen and oxygen atoms in total. The maximum absolute atomic E-state index is 4.29. The van der Waals surface area contributed by atoms with E-state index in [9.17, 15) is 0 Å². The lowest BCUT2D eigenvalue weighted by molar-refractivity contribution is 0.676. The van der Waals surface area contributed by atoms with Gasteiger partial charge in [0.05, 0.1) is 11.4 Å². The monoisotopic (exact) mass is 291 g/mol. The van der Waals surface area contributed by atoms with Gasteiger partial charge in [-0.1, -0.05) is 28.1 Å². The van der Waals surface area contributed by atoms with Crippen molar-refractivity contribution in [3.63, 3.8) is 0 Å². The fraction of sp³-hybridized carbons (Fsp3) is 0.231. The van der Waals surface area contributed by atoms with Crippen molar-refractivity contribution in [2.45, 2.75) is 20.0 Å². The summed E-state index contributed by atoms with van der Waals surface area (Å²) in [6.45, 7) is 3.51. The van der Waals surface area contributed by atoms with Gasteiger partial charge in [0, 0.05) is 30.0 Å². The molecule has 0 aliphatic heterocycles. The van der Waals surface area contributed by atoms with Crippen LogP contribution in [0.5, 0.6) is 0 Å². The van der Waals surface area contributed by atoms with Crippen molar-refractivity contribution >= 4 is 15.9 Å². The quantitative estimate of drug-likeness (QED) is 0.941. The van der Waals surface area contributed by atoms with Gasteiger partial charge in [-0.15, -0.1) is 0 Å². The zero-order valence-electron chi connectivity index (χ0n) is 9.65. The number of aromatic nitrogens is 2. The molecule has 1 N–H and O–H groups in total. The Kier molecular flexibility index (Phi) is 4.23. The molecule has 0 radical (unpaired) electrons. The van der Waals surface area contributed by atoms with E-state index >= 15 is 0 Å². The van der Waals surface area contributed by atoms with E-state index in [4.69, 9.17) is 0 Å². The number of aryl methyl sites for hydroxylation is 1. The SMILES string of the molecule is Cc1cnc(CNCc2ccc(Br)cc2)cn1. The van der Waals surface area contributed by atoms with Crippen molar-refractivity contribution < 1.29 is 0 Å². The second-order valence-corrected chi connectivity index (χ2v) is 4.79. The van der Waals surface area contributed by atoms with Gasteiger partial charge in [-0.2, -0.15) is 0 Å². The Labute approximate surface area is 109 Å². The van der Waals surface area contributed by atoms with Crippen LogP contribution in [0.15, 0.2) is 41.1 Å². The predicted molar refractivity (Wildman–Crippen MR) is 71.5 cm³/mol. The second-order valence-electron chi connectivity index (χ2n) is 3.88. The zero-order valence-corrected chi connectivity index (χ0v) is 11.2. The third-order valence-electron chi connectivity index (χ3n) is 2.38. The van der Waals surface area contributed by atoms with Gasteiger partial charge in [-0.05, 0) is 24.6 Å². The van der Waals surface area contributed by atoms with E-state index in [-0.39, 0.29) is 0 Å². The second kappa shape index (κ2) is 5.89. The number of hydrogen-bond acceptors (Lipinski definition) is 3. The maximum Gasteiger partial charge on any atom is 0.0724 e. The number of hydrogen-bond donors (Lipinski definition) is 1. The highest BCUT2D eigenvalue weighted by atomic mass is 79.9. The largest absolute Gasteiger partial charge is 0.307 e. The molecule has 0 unspecified atom stereocenters. The molecule has 0 aliphatic rings. The van der Waals surface area contributed by atoms with E-state index in [0.717, 1.165) is 29.0 Å². The molecule has 17 heavy (non-hydrogen) atoms. The number of benzene rings is 1. The minimum Gasteiger partial charge on any atom is -0.307 e. The molecule has 0 saturated carbocycles. The van der Waals surface area contributed by atoms with Crippen LogP contribution >= 0.6 is 15.9 Å². The Bertz CT molecular complexity index is 420. The van der Waals surface area contributed by atoms with Crippen molar-refractivity contribution in [3.8, 4) is 0 Å².